The summed E-state index contributed by atoms with van der Waals surface area (Å²) < 4.78 is 1.03. The fraction of sp³-hybridized carbons (Fsp3) is 0. The van der Waals surface area contributed by atoms with Crippen LogP contribution < -0.4 is 5.56 Å². The van der Waals surface area contributed by atoms with E-state index in [1.807, 2.05) is 0 Å². The monoisotopic (exact) mass is 105 g/mol. The molecule has 0 aliphatic carbocycles. The Kier molecular flexibility index (Phi) is 1.20. The molecule has 8 heavy (non-hydrogen) atoms. The summed E-state index contributed by atoms with van der Waals surface area (Å²) in [6.07, 6.45) is 1.50. The third-order valence-corrected chi connectivity index (χ3v) is 0.851. The first-order valence-corrected chi connectivity index (χ1v) is 2.23. The van der Waals surface area contributed by atoms with Gasteiger partial charge >= 0.3 is 0 Å². The molecular formula is C5H4BNO. The highest BCUT2D eigenvalue weighted by molar-refractivity contribution is 6.06. The van der Waals surface area contributed by atoms with Gasteiger partial charge in [-0.25, -0.2) is 0 Å². The molecule has 1 heterocycles. The summed E-state index contributed by atoms with van der Waals surface area (Å²) >= 11 is 0. The van der Waals surface area contributed by atoms with Crippen molar-refractivity contribution in [2.45, 2.75) is 0 Å². The number of rotatable bonds is 0. The summed E-state index contributed by atoms with van der Waals surface area (Å²) in [6, 6.07) is 4.74. The molecule has 0 aromatic carbocycles. The Hall–Kier alpha value is -0.985. The van der Waals surface area contributed by atoms with Crippen LogP contribution in [0, 0.1) is 0 Å². The standard InChI is InChI=1S/C5H4BNO/c6-7-4-2-1-3-5(7)8/h1-4H. The molecule has 0 N–H and O–H groups in total. The van der Waals surface area contributed by atoms with Crippen molar-refractivity contribution in [1.29, 1.82) is 0 Å². The third kappa shape index (κ3) is 0.806. The molecule has 38 valence electrons. The van der Waals surface area contributed by atoms with E-state index in [2.05, 4.69) is 0 Å². The predicted molar refractivity (Wildman–Crippen MR) is 31.9 cm³/mol. The first-order chi connectivity index (χ1) is 3.80. The topological polar surface area (TPSA) is 22.0 Å². The molecule has 0 saturated carbocycles. The van der Waals surface area contributed by atoms with Gasteiger partial charge in [0.05, 0.1) is 0 Å². The highest BCUT2D eigenvalue weighted by atomic mass is 16.1. The minimum atomic E-state index is -0.187. The van der Waals surface area contributed by atoms with Crippen LogP contribution in [-0.4, -0.2) is 12.5 Å². The largest absolute Gasteiger partial charge is 0.372 e. The second-order valence-corrected chi connectivity index (χ2v) is 1.45. The Balaban J connectivity index is 3.35. The van der Waals surface area contributed by atoms with E-state index in [4.69, 9.17) is 7.98 Å². The molecule has 0 saturated heterocycles. The van der Waals surface area contributed by atoms with Crippen LogP contribution >= 0.6 is 0 Å². The van der Waals surface area contributed by atoms with Crippen LogP contribution in [0.2, 0.25) is 0 Å². The molecule has 2 nitrogen and oxygen atoms in total. The number of nitrogens with zero attached hydrogens (tertiary/aromatic N) is 1. The van der Waals surface area contributed by atoms with Gasteiger partial charge < -0.3 is 4.48 Å². The normalized spacial score (nSPS) is 9.00. The van der Waals surface area contributed by atoms with Gasteiger partial charge in [0.25, 0.3) is 0 Å². The van der Waals surface area contributed by atoms with E-state index in [9.17, 15) is 4.79 Å². The highest BCUT2D eigenvalue weighted by Crippen LogP contribution is 1.72. The summed E-state index contributed by atoms with van der Waals surface area (Å²) in [5.74, 6) is 0. The maximum Gasteiger partial charge on any atom is 0.238 e. The van der Waals surface area contributed by atoms with Crippen LogP contribution in [0.5, 0.6) is 0 Å². The summed E-state index contributed by atoms with van der Waals surface area (Å²) in [4.78, 5) is 10.5. The van der Waals surface area contributed by atoms with Crippen LogP contribution in [0.25, 0.3) is 0 Å². The van der Waals surface area contributed by atoms with E-state index >= 15 is 0 Å². The molecule has 0 fully saturated rings. The van der Waals surface area contributed by atoms with E-state index < -0.39 is 0 Å². The minimum absolute atomic E-state index is 0.187. The number of aromatic nitrogens is 1. The lowest BCUT2D eigenvalue weighted by Gasteiger charge is -1.89. The van der Waals surface area contributed by atoms with Gasteiger partial charge in [0, 0.05) is 6.07 Å². The van der Waals surface area contributed by atoms with Crippen LogP contribution in [0.3, 0.4) is 0 Å². The Morgan fingerprint density at radius 1 is 1.50 bits per heavy atom. The van der Waals surface area contributed by atoms with Gasteiger partial charge in [-0.05, 0) is 12.3 Å². The molecule has 0 aliphatic rings. The zero-order valence-corrected chi connectivity index (χ0v) is 4.24. The van der Waals surface area contributed by atoms with Gasteiger partial charge in [0.1, 0.15) is 0 Å². The van der Waals surface area contributed by atoms with Crippen LogP contribution in [-0.2, 0) is 0 Å². The molecule has 0 atom stereocenters. The Morgan fingerprint density at radius 2 is 2.25 bits per heavy atom. The van der Waals surface area contributed by atoms with Crippen molar-refractivity contribution >= 4 is 7.98 Å². The quantitative estimate of drug-likeness (QED) is 0.418. The summed E-state index contributed by atoms with van der Waals surface area (Å²) in [6.45, 7) is 0. The summed E-state index contributed by atoms with van der Waals surface area (Å²) in [5, 5.41) is 0. The van der Waals surface area contributed by atoms with Crippen LogP contribution in [0.15, 0.2) is 29.2 Å². The van der Waals surface area contributed by atoms with Crippen molar-refractivity contribution in [2.24, 2.45) is 0 Å². The second-order valence-electron chi connectivity index (χ2n) is 1.45. The van der Waals surface area contributed by atoms with Gasteiger partial charge in [-0.15, -0.1) is 0 Å². The van der Waals surface area contributed by atoms with E-state index in [0.717, 1.165) is 4.48 Å². The van der Waals surface area contributed by atoms with Crippen molar-refractivity contribution in [3.63, 3.8) is 0 Å². The van der Waals surface area contributed by atoms with Crippen molar-refractivity contribution in [1.82, 2.24) is 4.48 Å². The van der Waals surface area contributed by atoms with Crippen LogP contribution in [0.1, 0.15) is 0 Å². The third-order valence-electron chi connectivity index (χ3n) is 0.851. The fourth-order valence-electron chi connectivity index (χ4n) is 0.440. The van der Waals surface area contributed by atoms with Gasteiger partial charge in [0.15, 0.2) is 0 Å². The SMILES string of the molecule is [B]n1ccccc1=O. The molecule has 1 rings (SSSR count). The first-order valence-electron chi connectivity index (χ1n) is 2.23. The Morgan fingerprint density at radius 3 is 2.62 bits per heavy atom. The van der Waals surface area contributed by atoms with E-state index in [-0.39, 0.29) is 5.56 Å². The van der Waals surface area contributed by atoms with E-state index in [1.54, 1.807) is 12.1 Å². The van der Waals surface area contributed by atoms with Crippen molar-refractivity contribution in [2.75, 3.05) is 0 Å². The lowest BCUT2D eigenvalue weighted by Crippen LogP contribution is -2.14. The molecule has 2 radical (unpaired) electrons. The zero-order valence-electron chi connectivity index (χ0n) is 4.24. The highest BCUT2D eigenvalue weighted by Gasteiger charge is 1.79. The molecule has 0 spiro atoms. The molecule has 3 heteroatoms. The molecular weight excluding hydrogens is 101 g/mol. The lowest BCUT2D eigenvalue weighted by molar-refractivity contribution is 1.13. The number of hydrogen-bond donors (Lipinski definition) is 0. The Bertz CT molecular complexity index is 230. The summed E-state index contributed by atoms with van der Waals surface area (Å²) in [5.41, 5.74) is -0.187. The Labute approximate surface area is 48.2 Å². The van der Waals surface area contributed by atoms with Crippen molar-refractivity contribution in [3.05, 3.63) is 34.7 Å². The maximum absolute atomic E-state index is 10.5. The predicted octanol–water partition coefficient (Wildman–Crippen LogP) is -0.220. The lowest BCUT2D eigenvalue weighted by atomic mass is 10.3. The molecule has 0 bridgehead atoms. The van der Waals surface area contributed by atoms with Crippen molar-refractivity contribution in [3.8, 4) is 0 Å². The van der Waals surface area contributed by atoms with Gasteiger partial charge in [-0.1, -0.05) is 6.07 Å². The smallest absolute Gasteiger partial charge is 0.238 e. The molecule has 0 unspecified atom stereocenters. The first kappa shape index (κ1) is 5.16. The number of pyridine rings is 1. The zero-order chi connectivity index (χ0) is 5.98. The van der Waals surface area contributed by atoms with Gasteiger partial charge in [-0.3, -0.25) is 4.79 Å². The minimum Gasteiger partial charge on any atom is -0.372 e. The van der Waals surface area contributed by atoms with E-state index in [0.29, 0.717) is 0 Å². The number of hydrogen-bond acceptors (Lipinski definition) is 1. The molecule has 1 aromatic heterocycles. The average molecular weight is 105 g/mol. The average Bonchev–Trinajstić information content (AvgIpc) is 1.77. The van der Waals surface area contributed by atoms with E-state index in [1.165, 1.54) is 12.3 Å². The summed E-state index contributed by atoms with van der Waals surface area (Å²) in [7, 11) is 5.12. The second kappa shape index (κ2) is 1.86. The van der Waals surface area contributed by atoms with Gasteiger partial charge in [0.2, 0.25) is 13.5 Å². The van der Waals surface area contributed by atoms with Gasteiger partial charge in [-0.2, -0.15) is 0 Å². The van der Waals surface area contributed by atoms with Crippen molar-refractivity contribution < 1.29 is 0 Å². The fourth-order valence-corrected chi connectivity index (χ4v) is 0.440. The maximum atomic E-state index is 10.5. The van der Waals surface area contributed by atoms with Crippen LogP contribution in [0.4, 0.5) is 0 Å². The molecule has 1 aromatic rings. The molecule has 0 aliphatic heterocycles. The molecule has 0 amide bonds.